The van der Waals surface area contributed by atoms with Crippen molar-refractivity contribution in [2.24, 2.45) is 0 Å². The Morgan fingerprint density at radius 3 is 2.82 bits per heavy atom. The molecular weight excluding hydrogens is 383 g/mol. The molecule has 1 aliphatic rings. The topological polar surface area (TPSA) is 93.9 Å². The van der Waals surface area contributed by atoms with Crippen LogP contribution < -0.4 is 15.5 Å². The lowest BCUT2D eigenvalue weighted by Gasteiger charge is -2.26. The number of nitrogens with zero attached hydrogens (tertiary/aromatic N) is 4. The Kier molecular flexibility index (Phi) is 6.61. The number of anilines is 2. The van der Waals surface area contributed by atoms with Gasteiger partial charge >= 0.3 is 0 Å². The van der Waals surface area contributed by atoms with Gasteiger partial charge in [-0.3, -0.25) is 4.79 Å². The van der Waals surface area contributed by atoms with Gasteiger partial charge in [-0.2, -0.15) is 5.26 Å². The third-order valence-corrected chi connectivity index (χ3v) is 4.71. The maximum atomic E-state index is 13.6. The van der Waals surface area contributed by atoms with Crippen LogP contribution in [0.3, 0.4) is 0 Å². The van der Waals surface area contributed by atoms with E-state index in [0.717, 1.165) is 25.9 Å². The highest BCUT2D eigenvalue weighted by molar-refractivity contribution is 6.33. The average molecular weight is 403 g/mol. The predicted octanol–water partition coefficient (Wildman–Crippen LogP) is 2.97. The summed E-state index contributed by atoms with van der Waals surface area (Å²) in [4.78, 5) is 23.1. The number of benzene rings is 1. The molecule has 0 saturated carbocycles. The summed E-state index contributed by atoms with van der Waals surface area (Å²) < 4.78 is 13.6. The van der Waals surface area contributed by atoms with Crippen molar-refractivity contribution in [2.45, 2.75) is 19.3 Å². The van der Waals surface area contributed by atoms with E-state index in [4.69, 9.17) is 16.9 Å². The molecule has 2 heterocycles. The predicted molar refractivity (Wildman–Crippen MR) is 105 cm³/mol. The van der Waals surface area contributed by atoms with E-state index < -0.39 is 11.7 Å². The highest BCUT2D eigenvalue weighted by Gasteiger charge is 2.18. The van der Waals surface area contributed by atoms with E-state index >= 15 is 0 Å². The highest BCUT2D eigenvalue weighted by atomic mass is 35.5. The molecule has 146 valence electrons. The van der Waals surface area contributed by atoms with Gasteiger partial charge in [0.15, 0.2) is 5.69 Å². The zero-order chi connectivity index (χ0) is 19.9. The maximum Gasteiger partial charge on any atom is 0.271 e. The molecule has 0 unspecified atom stereocenters. The average Bonchev–Trinajstić information content (AvgIpc) is 2.72. The second-order valence-electron chi connectivity index (χ2n) is 6.37. The Bertz CT molecular complexity index is 894. The molecule has 1 fully saturated rings. The summed E-state index contributed by atoms with van der Waals surface area (Å²) in [5.41, 5.74) is 0.448. The summed E-state index contributed by atoms with van der Waals surface area (Å²) in [6.45, 7) is 2.29. The van der Waals surface area contributed by atoms with Crippen LogP contribution in [0, 0.1) is 17.1 Å². The molecule has 2 aromatic rings. The lowest BCUT2D eigenvalue weighted by Crippen LogP contribution is -2.33. The SMILES string of the molecule is N#Cc1c(F)cccc1NCCNC(=O)c1nc(N2CCCCC2)ncc1Cl. The Labute approximate surface area is 167 Å². The summed E-state index contributed by atoms with van der Waals surface area (Å²) in [5.74, 6) is -0.493. The smallest absolute Gasteiger partial charge is 0.271 e. The van der Waals surface area contributed by atoms with Crippen molar-refractivity contribution in [3.05, 3.63) is 46.5 Å². The molecule has 7 nitrogen and oxygen atoms in total. The maximum absolute atomic E-state index is 13.6. The zero-order valence-corrected chi connectivity index (χ0v) is 16.0. The van der Waals surface area contributed by atoms with Gasteiger partial charge in [0.25, 0.3) is 5.91 Å². The first kappa shape index (κ1) is 19.8. The molecule has 3 rings (SSSR count). The zero-order valence-electron chi connectivity index (χ0n) is 15.2. The number of aromatic nitrogens is 2. The Balaban J connectivity index is 1.58. The summed E-state index contributed by atoms with van der Waals surface area (Å²) in [6, 6.07) is 6.17. The number of hydrogen-bond donors (Lipinski definition) is 2. The highest BCUT2D eigenvalue weighted by Crippen LogP contribution is 2.20. The first-order chi connectivity index (χ1) is 13.6. The van der Waals surface area contributed by atoms with Crippen molar-refractivity contribution in [3.63, 3.8) is 0 Å². The quantitative estimate of drug-likeness (QED) is 0.721. The summed E-state index contributed by atoms with van der Waals surface area (Å²) in [6.07, 6.45) is 4.77. The lowest BCUT2D eigenvalue weighted by molar-refractivity contribution is 0.0950. The molecule has 0 spiro atoms. The van der Waals surface area contributed by atoms with Crippen molar-refractivity contribution in [1.29, 1.82) is 5.26 Å². The van der Waals surface area contributed by atoms with E-state index in [-0.39, 0.29) is 22.8 Å². The Morgan fingerprint density at radius 1 is 1.29 bits per heavy atom. The van der Waals surface area contributed by atoms with Crippen molar-refractivity contribution >= 4 is 29.1 Å². The van der Waals surface area contributed by atoms with Gasteiger partial charge in [0.2, 0.25) is 5.95 Å². The molecule has 0 radical (unpaired) electrons. The summed E-state index contributed by atoms with van der Waals surface area (Å²) >= 11 is 6.10. The fraction of sp³-hybridized carbons (Fsp3) is 0.368. The molecule has 9 heteroatoms. The van der Waals surface area contributed by atoms with Crippen LogP contribution in [0.25, 0.3) is 0 Å². The number of nitriles is 1. The van der Waals surface area contributed by atoms with Crippen LogP contribution in [-0.4, -0.2) is 42.1 Å². The minimum Gasteiger partial charge on any atom is -0.382 e. The van der Waals surface area contributed by atoms with Crippen LogP contribution in [0.15, 0.2) is 24.4 Å². The second kappa shape index (κ2) is 9.33. The van der Waals surface area contributed by atoms with Gasteiger partial charge in [0.1, 0.15) is 17.4 Å². The molecule has 1 aromatic heterocycles. The van der Waals surface area contributed by atoms with Gasteiger partial charge in [0.05, 0.1) is 16.9 Å². The number of halogens is 2. The fourth-order valence-electron chi connectivity index (χ4n) is 3.01. The molecule has 1 aromatic carbocycles. The molecule has 1 amide bonds. The van der Waals surface area contributed by atoms with E-state index in [0.29, 0.717) is 18.2 Å². The molecule has 2 N–H and O–H groups in total. The van der Waals surface area contributed by atoms with Crippen molar-refractivity contribution in [2.75, 3.05) is 36.4 Å². The molecule has 0 atom stereocenters. The Hall–Kier alpha value is -2.92. The van der Waals surface area contributed by atoms with Crippen molar-refractivity contribution in [3.8, 4) is 6.07 Å². The van der Waals surface area contributed by atoms with Crippen molar-refractivity contribution in [1.82, 2.24) is 15.3 Å². The summed E-state index contributed by atoms with van der Waals surface area (Å²) in [7, 11) is 0. The van der Waals surface area contributed by atoms with E-state index in [1.807, 2.05) is 11.0 Å². The van der Waals surface area contributed by atoms with E-state index in [1.54, 1.807) is 6.07 Å². The molecule has 0 bridgehead atoms. The normalized spacial score (nSPS) is 13.7. The number of hydrogen-bond acceptors (Lipinski definition) is 6. The van der Waals surface area contributed by atoms with Crippen LogP contribution in [0.2, 0.25) is 5.02 Å². The summed E-state index contributed by atoms with van der Waals surface area (Å²) in [5, 5.41) is 14.9. The molecule has 1 saturated heterocycles. The van der Waals surface area contributed by atoms with Gasteiger partial charge in [0, 0.05) is 26.2 Å². The van der Waals surface area contributed by atoms with Crippen LogP contribution in [0.1, 0.15) is 35.3 Å². The largest absolute Gasteiger partial charge is 0.382 e. The van der Waals surface area contributed by atoms with E-state index in [9.17, 15) is 9.18 Å². The van der Waals surface area contributed by atoms with E-state index in [1.165, 1.54) is 24.8 Å². The lowest BCUT2D eigenvalue weighted by atomic mass is 10.1. The number of piperidine rings is 1. The van der Waals surface area contributed by atoms with Crippen LogP contribution in [0.4, 0.5) is 16.0 Å². The number of carbonyl (C=O) groups excluding carboxylic acids is 1. The van der Waals surface area contributed by atoms with Gasteiger partial charge in [-0.25, -0.2) is 14.4 Å². The van der Waals surface area contributed by atoms with Crippen LogP contribution >= 0.6 is 11.6 Å². The second-order valence-corrected chi connectivity index (χ2v) is 6.78. The molecule has 28 heavy (non-hydrogen) atoms. The third-order valence-electron chi connectivity index (χ3n) is 4.44. The minimum atomic E-state index is -0.588. The molecular formula is C19H20ClFN6O. The monoisotopic (exact) mass is 402 g/mol. The first-order valence-corrected chi connectivity index (χ1v) is 9.46. The Morgan fingerprint density at radius 2 is 2.07 bits per heavy atom. The number of carbonyl (C=O) groups is 1. The van der Waals surface area contributed by atoms with Crippen LogP contribution in [0.5, 0.6) is 0 Å². The van der Waals surface area contributed by atoms with Crippen molar-refractivity contribution < 1.29 is 9.18 Å². The van der Waals surface area contributed by atoms with Gasteiger partial charge in [-0.05, 0) is 31.4 Å². The first-order valence-electron chi connectivity index (χ1n) is 9.08. The third kappa shape index (κ3) is 4.67. The van der Waals surface area contributed by atoms with Gasteiger partial charge in [-0.1, -0.05) is 17.7 Å². The van der Waals surface area contributed by atoms with Crippen LogP contribution in [-0.2, 0) is 0 Å². The standard InChI is InChI=1S/C19H20ClFN6O/c20-14-12-25-19(27-9-2-1-3-10-27)26-17(14)18(28)24-8-7-23-16-6-4-5-15(21)13(16)11-22/h4-6,12,23H,1-3,7-10H2,(H,24,28). The molecule has 1 aliphatic heterocycles. The fourth-order valence-corrected chi connectivity index (χ4v) is 3.18. The number of amides is 1. The number of nitrogens with one attached hydrogen (secondary N) is 2. The van der Waals surface area contributed by atoms with E-state index in [2.05, 4.69) is 20.6 Å². The number of rotatable bonds is 6. The minimum absolute atomic E-state index is 0.0566. The van der Waals surface area contributed by atoms with Gasteiger partial charge < -0.3 is 15.5 Å². The molecule has 0 aliphatic carbocycles. The van der Waals surface area contributed by atoms with Gasteiger partial charge in [-0.15, -0.1) is 0 Å².